The summed E-state index contributed by atoms with van der Waals surface area (Å²) in [6, 6.07) is 10.1. The zero-order chi connectivity index (χ0) is 22.1. The number of nitrogens with zero attached hydrogens (tertiary/aromatic N) is 1. The van der Waals surface area contributed by atoms with Crippen LogP contribution in [0, 0.1) is 0 Å². The molecule has 6 nitrogen and oxygen atoms in total. The number of ketones is 1. The highest BCUT2D eigenvalue weighted by atomic mass is 35.5. The summed E-state index contributed by atoms with van der Waals surface area (Å²) in [5, 5.41) is 0.420. The van der Waals surface area contributed by atoms with Gasteiger partial charge >= 0.3 is 0 Å². The predicted octanol–water partition coefficient (Wildman–Crippen LogP) is 4.50. The third-order valence-electron chi connectivity index (χ3n) is 4.13. The van der Waals surface area contributed by atoms with E-state index in [1.165, 1.54) is 11.0 Å². The minimum atomic E-state index is -0.174. The SMILES string of the molecule is CCCOc1c(Cl)cc(/C=C/C(=O)c2ccc(OCC(=O)N(C)C)cc2)cc1OC. The van der Waals surface area contributed by atoms with Gasteiger partial charge < -0.3 is 19.1 Å². The zero-order valence-corrected chi connectivity index (χ0v) is 18.4. The molecule has 2 aromatic rings. The van der Waals surface area contributed by atoms with Crippen LogP contribution >= 0.6 is 11.6 Å². The molecule has 0 saturated carbocycles. The largest absolute Gasteiger partial charge is 0.493 e. The van der Waals surface area contributed by atoms with Crippen LogP contribution in [0.2, 0.25) is 5.02 Å². The first-order valence-electron chi connectivity index (χ1n) is 9.51. The standard InChI is InChI=1S/C23H26ClNO5/c1-5-12-29-23-19(24)13-16(14-21(23)28-4)6-11-20(26)17-7-9-18(10-8-17)30-15-22(27)25(2)3/h6-11,13-14H,5,12,15H2,1-4H3/b11-6+. The Morgan fingerprint density at radius 3 is 2.40 bits per heavy atom. The topological polar surface area (TPSA) is 65.1 Å². The smallest absolute Gasteiger partial charge is 0.259 e. The van der Waals surface area contributed by atoms with Gasteiger partial charge in [0.25, 0.3) is 5.91 Å². The van der Waals surface area contributed by atoms with Gasteiger partial charge in [-0.1, -0.05) is 24.6 Å². The highest BCUT2D eigenvalue weighted by molar-refractivity contribution is 6.32. The Morgan fingerprint density at radius 2 is 1.80 bits per heavy atom. The van der Waals surface area contributed by atoms with Crippen molar-refractivity contribution in [3.63, 3.8) is 0 Å². The lowest BCUT2D eigenvalue weighted by Gasteiger charge is -2.12. The number of amides is 1. The molecule has 0 atom stereocenters. The van der Waals surface area contributed by atoms with Gasteiger partial charge in [-0.05, 0) is 54.5 Å². The molecule has 0 aromatic heterocycles. The van der Waals surface area contributed by atoms with Crippen molar-refractivity contribution in [3.8, 4) is 17.2 Å². The maximum atomic E-state index is 12.5. The second-order valence-corrected chi connectivity index (χ2v) is 7.09. The molecule has 2 aromatic carbocycles. The first-order valence-corrected chi connectivity index (χ1v) is 9.89. The molecular formula is C23H26ClNO5. The van der Waals surface area contributed by atoms with Crippen LogP contribution in [-0.4, -0.2) is 51.0 Å². The number of ether oxygens (including phenoxy) is 3. The molecule has 0 saturated heterocycles. The second kappa shape index (κ2) is 11.3. The van der Waals surface area contributed by atoms with Crippen LogP contribution in [0.15, 0.2) is 42.5 Å². The quantitative estimate of drug-likeness (QED) is 0.409. The third-order valence-corrected chi connectivity index (χ3v) is 4.41. The van der Waals surface area contributed by atoms with Gasteiger partial charge in [0, 0.05) is 19.7 Å². The van der Waals surface area contributed by atoms with E-state index in [4.69, 9.17) is 25.8 Å². The molecule has 0 N–H and O–H groups in total. The molecule has 160 valence electrons. The fourth-order valence-corrected chi connectivity index (χ4v) is 2.71. The van der Waals surface area contributed by atoms with Crippen molar-refractivity contribution in [3.05, 3.63) is 58.6 Å². The van der Waals surface area contributed by atoms with Crippen LogP contribution in [0.25, 0.3) is 6.08 Å². The van der Waals surface area contributed by atoms with Gasteiger partial charge in [-0.3, -0.25) is 9.59 Å². The van der Waals surface area contributed by atoms with Gasteiger partial charge in [0.2, 0.25) is 0 Å². The molecule has 0 radical (unpaired) electrons. The maximum absolute atomic E-state index is 12.5. The molecule has 1 amide bonds. The first-order chi connectivity index (χ1) is 14.3. The summed E-state index contributed by atoms with van der Waals surface area (Å²) < 4.78 is 16.4. The lowest BCUT2D eigenvalue weighted by atomic mass is 10.1. The summed E-state index contributed by atoms with van der Waals surface area (Å²) in [5.41, 5.74) is 1.22. The van der Waals surface area contributed by atoms with Crippen LogP contribution in [-0.2, 0) is 4.79 Å². The molecule has 0 spiro atoms. The minimum Gasteiger partial charge on any atom is -0.493 e. The van der Waals surface area contributed by atoms with Gasteiger partial charge in [0.15, 0.2) is 23.9 Å². The van der Waals surface area contributed by atoms with Gasteiger partial charge in [-0.2, -0.15) is 0 Å². The van der Waals surface area contributed by atoms with Gasteiger partial charge in [-0.15, -0.1) is 0 Å². The number of rotatable bonds is 10. The molecule has 30 heavy (non-hydrogen) atoms. The number of allylic oxidation sites excluding steroid dienone is 1. The Bertz CT molecular complexity index is 907. The number of benzene rings is 2. The molecule has 0 unspecified atom stereocenters. The summed E-state index contributed by atoms with van der Waals surface area (Å²) in [7, 11) is 4.86. The van der Waals surface area contributed by atoms with Gasteiger partial charge in [0.1, 0.15) is 5.75 Å². The van der Waals surface area contributed by atoms with E-state index in [0.717, 1.165) is 12.0 Å². The molecule has 0 aliphatic rings. The fourth-order valence-electron chi connectivity index (χ4n) is 2.44. The average molecular weight is 432 g/mol. The Hall–Kier alpha value is -2.99. The lowest BCUT2D eigenvalue weighted by molar-refractivity contribution is -0.130. The zero-order valence-electron chi connectivity index (χ0n) is 17.6. The molecule has 7 heteroatoms. The van der Waals surface area contributed by atoms with E-state index in [9.17, 15) is 9.59 Å². The Morgan fingerprint density at radius 1 is 1.10 bits per heavy atom. The van der Waals surface area contributed by atoms with E-state index in [2.05, 4.69) is 0 Å². The number of hydrogen-bond acceptors (Lipinski definition) is 5. The van der Waals surface area contributed by atoms with Crippen molar-refractivity contribution in [2.45, 2.75) is 13.3 Å². The predicted molar refractivity (Wildman–Crippen MR) is 118 cm³/mol. The summed E-state index contributed by atoms with van der Waals surface area (Å²) in [4.78, 5) is 25.5. The molecule has 0 bridgehead atoms. The van der Waals surface area contributed by atoms with Gasteiger partial charge in [-0.25, -0.2) is 0 Å². The summed E-state index contributed by atoms with van der Waals surface area (Å²) >= 11 is 6.31. The van der Waals surface area contributed by atoms with E-state index in [1.807, 2.05) is 6.92 Å². The van der Waals surface area contributed by atoms with Crippen molar-refractivity contribution >= 4 is 29.4 Å². The minimum absolute atomic E-state index is 0.0548. The maximum Gasteiger partial charge on any atom is 0.259 e. The van der Waals surface area contributed by atoms with Crippen molar-refractivity contribution < 1.29 is 23.8 Å². The van der Waals surface area contributed by atoms with E-state index in [1.54, 1.807) is 63.7 Å². The second-order valence-electron chi connectivity index (χ2n) is 6.68. The number of carbonyl (C=O) groups excluding carboxylic acids is 2. The van der Waals surface area contributed by atoms with Crippen LogP contribution < -0.4 is 14.2 Å². The number of hydrogen-bond donors (Lipinski definition) is 0. The summed E-state index contributed by atoms with van der Waals surface area (Å²) in [6.07, 6.45) is 3.98. The number of methoxy groups -OCH3 is 1. The van der Waals surface area contributed by atoms with E-state index >= 15 is 0 Å². The average Bonchev–Trinajstić information content (AvgIpc) is 2.74. The van der Waals surface area contributed by atoms with E-state index in [0.29, 0.717) is 34.4 Å². The monoisotopic (exact) mass is 431 g/mol. The van der Waals surface area contributed by atoms with E-state index < -0.39 is 0 Å². The third kappa shape index (κ3) is 6.52. The van der Waals surface area contributed by atoms with Crippen LogP contribution in [0.3, 0.4) is 0 Å². The molecule has 2 rings (SSSR count). The molecule has 0 fully saturated rings. The van der Waals surface area contributed by atoms with Crippen molar-refractivity contribution in [2.24, 2.45) is 0 Å². The van der Waals surface area contributed by atoms with Crippen LogP contribution in [0.4, 0.5) is 0 Å². The number of likely N-dealkylation sites (N-methyl/N-ethyl adjacent to an activating group) is 1. The molecule has 0 heterocycles. The highest BCUT2D eigenvalue weighted by Gasteiger charge is 2.11. The number of halogens is 1. The van der Waals surface area contributed by atoms with Crippen molar-refractivity contribution in [2.75, 3.05) is 34.4 Å². The van der Waals surface area contributed by atoms with Crippen LogP contribution in [0.1, 0.15) is 29.3 Å². The molecule has 0 aliphatic carbocycles. The normalized spacial score (nSPS) is 10.7. The van der Waals surface area contributed by atoms with Crippen molar-refractivity contribution in [1.29, 1.82) is 0 Å². The molecular weight excluding hydrogens is 406 g/mol. The fraction of sp³-hybridized carbons (Fsp3) is 0.304. The molecule has 0 aliphatic heterocycles. The summed E-state index contributed by atoms with van der Waals surface area (Å²) in [6.45, 7) is 2.48. The Balaban J connectivity index is 2.06. The Labute approximate surface area is 182 Å². The van der Waals surface area contributed by atoms with E-state index in [-0.39, 0.29) is 18.3 Å². The Kier molecular flexibility index (Phi) is 8.74. The first kappa shape index (κ1) is 23.3. The van der Waals surface area contributed by atoms with Crippen LogP contribution in [0.5, 0.6) is 17.2 Å². The van der Waals surface area contributed by atoms with Crippen molar-refractivity contribution in [1.82, 2.24) is 4.90 Å². The lowest BCUT2D eigenvalue weighted by Crippen LogP contribution is -2.27. The highest BCUT2D eigenvalue weighted by Crippen LogP contribution is 2.36. The van der Waals surface area contributed by atoms with Gasteiger partial charge in [0.05, 0.1) is 18.7 Å². The summed E-state index contributed by atoms with van der Waals surface area (Å²) in [5.74, 6) is 1.21. The number of carbonyl (C=O) groups is 2.